The first-order valence-corrected chi connectivity index (χ1v) is 3.32. The van der Waals surface area contributed by atoms with Crippen molar-refractivity contribution in [2.75, 3.05) is 12.5 Å². The van der Waals surface area contributed by atoms with E-state index in [0.717, 1.165) is 0 Å². The maximum Gasteiger partial charge on any atom is 0.243 e. The third kappa shape index (κ3) is 3.25. The first kappa shape index (κ1) is 13.6. The number of halogens is 2. The van der Waals surface area contributed by atoms with Crippen LogP contribution in [0.3, 0.4) is 0 Å². The predicted octanol–water partition coefficient (Wildman–Crippen LogP) is -0.364. The van der Waals surface area contributed by atoms with Gasteiger partial charge in [-0.3, -0.25) is 10.2 Å². The van der Waals surface area contributed by atoms with Crippen LogP contribution in [0.1, 0.15) is 6.92 Å². The zero-order chi connectivity index (χ0) is 8.20. The van der Waals surface area contributed by atoms with Crippen molar-refractivity contribution in [1.82, 2.24) is 5.43 Å². The van der Waals surface area contributed by atoms with Gasteiger partial charge in [-0.1, -0.05) is 0 Å². The molecule has 0 aromatic rings. The highest BCUT2D eigenvalue weighted by atomic mass is 35.5. The molecule has 6 heteroatoms. The summed E-state index contributed by atoms with van der Waals surface area (Å²) in [6.45, 7) is 1.22. The number of aliphatic hydroxyl groups excluding tert-OH is 1. The van der Waals surface area contributed by atoms with E-state index in [-0.39, 0.29) is 24.9 Å². The van der Waals surface area contributed by atoms with Gasteiger partial charge in [0.25, 0.3) is 0 Å². The van der Waals surface area contributed by atoms with Gasteiger partial charge in [0.1, 0.15) is 0 Å². The van der Waals surface area contributed by atoms with Crippen LogP contribution in [0.5, 0.6) is 0 Å². The Balaban J connectivity index is 0. The Labute approximate surface area is 76.5 Å². The van der Waals surface area contributed by atoms with Crippen LogP contribution in [-0.4, -0.2) is 23.5 Å². The summed E-state index contributed by atoms with van der Waals surface area (Å²) in [5.41, 5.74) is 0.962. The van der Waals surface area contributed by atoms with Crippen molar-refractivity contribution in [3.8, 4) is 0 Å². The first-order valence-electron chi connectivity index (χ1n) is 2.78. The van der Waals surface area contributed by atoms with Crippen molar-refractivity contribution in [3.05, 3.63) is 0 Å². The van der Waals surface area contributed by atoms with Crippen LogP contribution in [-0.2, 0) is 4.79 Å². The molecule has 4 N–H and O–H groups in total. The van der Waals surface area contributed by atoms with Crippen molar-refractivity contribution in [3.63, 3.8) is 0 Å². The molecular weight excluding hydrogens is 191 g/mol. The Morgan fingerprint density at radius 3 is 2.36 bits per heavy atom. The highest BCUT2D eigenvalue weighted by Gasteiger charge is 2.30. The van der Waals surface area contributed by atoms with E-state index in [1.54, 1.807) is 0 Å². The SMILES string of the molecule is CC(CO)(CCl)C(=O)NN.Cl. The van der Waals surface area contributed by atoms with E-state index >= 15 is 0 Å². The van der Waals surface area contributed by atoms with Gasteiger partial charge in [-0.25, -0.2) is 5.84 Å². The zero-order valence-electron chi connectivity index (χ0n) is 6.13. The molecule has 0 fully saturated rings. The number of amides is 1. The summed E-state index contributed by atoms with van der Waals surface area (Å²) in [5, 5.41) is 8.69. The molecule has 0 aromatic heterocycles. The lowest BCUT2D eigenvalue weighted by atomic mass is 9.94. The van der Waals surface area contributed by atoms with Crippen LogP contribution < -0.4 is 11.3 Å². The van der Waals surface area contributed by atoms with Crippen molar-refractivity contribution in [2.45, 2.75) is 6.92 Å². The Morgan fingerprint density at radius 2 is 2.27 bits per heavy atom. The molecule has 0 saturated heterocycles. The molecule has 0 aliphatic heterocycles. The minimum atomic E-state index is -0.962. The molecule has 0 aliphatic rings. The van der Waals surface area contributed by atoms with Crippen LogP contribution in [0.15, 0.2) is 0 Å². The lowest BCUT2D eigenvalue weighted by Crippen LogP contribution is -2.45. The van der Waals surface area contributed by atoms with Gasteiger partial charge in [0.15, 0.2) is 0 Å². The average Bonchev–Trinajstić information content (AvgIpc) is 2.01. The van der Waals surface area contributed by atoms with Gasteiger partial charge in [-0.2, -0.15) is 0 Å². The summed E-state index contributed by atoms with van der Waals surface area (Å²) in [6, 6.07) is 0. The van der Waals surface area contributed by atoms with E-state index in [2.05, 4.69) is 0 Å². The summed E-state index contributed by atoms with van der Waals surface area (Å²) >= 11 is 5.41. The van der Waals surface area contributed by atoms with E-state index in [1.165, 1.54) is 6.92 Å². The van der Waals surface area contributed by atoms with Gasteiger partial charge in [-0.15, -0.1) is 24.0 Å². The number of aliphatic hydroxyl groups is 1. The summed E-state index contributed by atoms with van der Waals surface area (Å²) in [4.78, 5) is 10.8. The molecule has 11 heavy (non-hydrogen) atoms. The lowest BCUT2D eigenvalue weighted by Gasteiger charge is -2.21. The third-order valence-corrected chi connectivity index (χ3v) is 1.91. The molecule has 0 aromatic carbocycles. The molecule has 1 unspecified atom stereocenters. The molecule has 68 valence electrons. The monoisotopic (exact) mass is 202 g/mol. The third-order valence-electron chi connectivity index (χ3n) is 1.32. The van der Waals surface area contributed by atoms with Crippen LogP contribution in [0, 0.1) is 5.41 Å². The number of alkyl halides is 1. The second-order valence-corrected chi connectivity index (χ2v) is 2.59. The zero-order valence-corrected chi connectivity index (χ0v) is 7.71. The lowest BCUT2D eigenvalue weighted by molar-refractivity contribution is -0.131. The molecule has 0 rings (SSSR count). The van der Waals surface area contributed by atoms with E-state index in [9.17, 15) is 4.79 Å². The number of carbonyl (C=O) groups is 1. The maximum absolute atomic E-state index is 10.8. The van der Waals surface area contributed by atoms with Crippen molar-refractivity contribution in [2.24, 2.45) is 11.3 Å². The molecule has 0 aliphatic carbocycles. The molecule has 0 heterocycles. The highest BCUT2D eigenvalue weighted by Crippen LogP contribution is 2.16. The number of rotatable bonds is 3. The summed E-state index contributed by atoms with van der Waals surface area (Å²) in [5.74, 6) is 4.43. The molecule has 0 spiro atoms. The van der Waals surface area contributed by atoms with Gasteiger partial charge in [-0.05, 0) is 6.92 Å². The topological polar surface area (TPSA) is 75.3 Å². The second-order valence-electron chi connectivity index (χ2n) is 2.33. The van der Waals surface area contributed by atoms with E-state index in [1.807, 2.05) is 5.43 Å². The number of nitrogens with two attached hydrogens (primary N) is 1. The normalized spacial score (nSPS) is 14.5. The van der Waals surface area contributed by atoms with Crippen LogP contribution in [0.2, 0.25) is 0 Å². The van der Waals surface area contributed by atoms with E-state index < -0.39 is 11.3 Å². The van der Waals surface area contributed by atoms with Crippen LogP contribution >= 0.6 is 24.0 Å². The van der Waals surface area contributed by atoms with Crippen molar-refractivity contribution in [1.29, 1.82) is 0 Å². The number of carbonyl (C=O) groups excluding carboxylic acids is 1. The largest absolute Gasteiger partial charge is 0.395 e. The molecule has 0 bridgehead atoms. The van der Waals surface area contributed by atoms with E-state index in [4.69, 9.17) is 22.6 Å². The minimum absolute atomic E-state index is 0. The molecule has 4 nitrogen and oxygen atoms in total. The standard InChI is InChI=1S/C5H11ClN2O2.ClH/c1-5(2-6,3-9)4(10)8-7;/h9H,2-3,7H2,1H3,(H,8,10);1H. The summed E-state index contributed by atoms with van der Waals surface area (Å²) < 4.78 is 0. The number of hydrogen-bond donors (Lipinski definition) is 3. The fourth-order valence-corrected chi connectivity index (χ4v) is 0.555. The highest BCUT2D eigenvalue weighted by molar-refractivity contribution is 6.19. The quantitative estimate of drug-likeness (QED) is 0.253. The minimum Gasteiger partial charge on any atom is -0.395 e. The van der Waals surface area contributed by atoms with Crippen molar-refractivity contribution >= 4 is 29.9 Å². The predicted molar refractivity (Wildman–Crippen MR) is 45.5 cm³/mol. The fourth-order valence-electron chi connectivity index (χ4n) is 0.349. The Bertz CT molecular complexity index is 128. The Hall–Kier alpha value is -0.0300. The van der Waals surface area contributed by atoms with Gasteiger partial charge in [0, 0.05) is 5.88 Å². The van der Waals surface area contributed by atoms with Gasteiger partial charge >= 0.3 is 0 Å². The maximum atomic E-state index is 10.8. The molecule has 0 saturated carbocycles. The van der Waals surface area contributed by atoms with Gasteiger partial charge in [0.2, 0.25) is 5.91 Å². The molecular formula is C5H12Cl2N2O2. The van der Waals surface area contributed by atoms with Gasteiger partial charge in [0.05, 0.1) is 12.0 Å². The smallest absolute Gasteiger partial charge is 0.243 e. The Kier molecular flexibility index (Phi) is 6.90. The summed E-state index contributed by atoms with van der Waals surface area (Å²) in [6.07, 6.45) is 0. The Morgan fingerprint density at radius 1 is 1.82 bits per heavy atom. The fraction of sp³-hybridized carbons (Fsp3) is 0.800. The second kappa shape index (κ2) is 5.60. The number of hydrazine groups is 1. The van der Waals surface area contributed by atoms with Gasteiger partial charge < -0.3 is 5.11 Å². The van der Waals surface area contributed by atoms with Crippen LogP contribution in [0.4, 0.5) is 0 Å². The molecule has 1 atom stereocenters. The first-order chi connectivity index (χ1) is 4.60. The van der Waals surface area contributed by atoms with Crippen molar-refractivity contribution < 1.29 is 9.90 Å². The number of hydrogen-bond acceptors (Lipinski definition) is 3. The van der Waals surface area contributed by atoms with E-state index in [0.29, 0.717) is 0 Å². The van der Waals surface area contributed by atoms with Crippen LogP contribution in [0.25, 0.3) is 0 Å². The average molecular weight is 203 g/mol. The number of nitrogens with one attached hydrogen (secondary N) is 1. The molecule has 1 amide bonds. The molecule has 0 radical (unpaired) electrons. The summed E-state index contributed by atoms with van der Waals surface area (Å²) in [7, 11) is 0.